The summed E-state index contributed by atoms with van der Waals surface area (Å²) in [7, 11) is 0. The van der Waals surface area contributed by atoms with Gasteiger partial charge in [0.05, 0.1) is 11.9 Å². The Hall–Kier alpha value is -1.19. The lowest BCUT2D eigenvalue weighted by atomic mass is 10.3. The predicted octanol–water partition coefficient (Wildman–Crippen LogP) is 2.76. The second-order valence-electron chi connectivity index (χ2n) is 2.79. The van der Waals surface area contributed by atoms with Crippen LogP contribution in [-0.2, 0) is 0 Å². The number of benzene rings is 1. The Labute approximate surface area is 91.0 Å². The average molecular weight is 228 g/mol. The molecular weight excluding hydrogens is 221 g/mol. The van der Waals surface area contributed by atoms with Gasteiger partial charge in [0.15, 0.2) is 5.82 Å². The van der Waals surface area contributed by atoms with Gasteiger partial charge in [0, 0.05) is 5.02 Å². The summed E-state index contributed by atoms with van der Waals surface area (Å²) in [6, 6.07) is 7.28. The maximum Gasteiger partial charge on any atom is 0.164 e. The molecule has 2 aromatic rings. The van der Waals surface area contributed by atoms with Crippen LogP contribution in [0.4, 0.5) is 5.82 Å². The Morgan fingerprint density at radius 1 is 1.29 bits per heavy atom. The molecule has 0 bridgehead atoms. The topological polar surface area (TPSA) is 43.8 Å². The van der Waals surface area contributed by atoms with Crippen molar-refractivity contribution in [2.24, 2.45) is 0 Å². The molecule has 0 radical (unpaired) electrons. The zero-order valence-electron chi connectivity index (χ0n) is 7.11. The summed E-state index contributed by atoms with van der Waals surface area (Å²) in [4.78, 5) is 0. The van der Waals surface area contributed by atoms with E-state index >= 15 is 0 Å². The van der Waals surface area contributed by atoms with Crippen LogP contribution >= 0.6 is 23.2 Å². The van der Waals surface area contributed by atoms with Crippen LogP contribution in [0.3, 0.4) is 0 Å². The maximum absolute atomic E-state index is 5.84. The Bertz CT molecular complexity index is 445. The summed E-state index contributed by atoms with van der Waals surface area (Å²) in [5.74, 6) is 0.312. The number of halogens is 2. The molecule has 0 fully saturated rings. The molecule has 3 nitrogen and oxygen atoms in total. The second kappa shape index (κ2) is 3.52. The number of aromatic nitrogens is 2. The van der Waals surface area contributed by atoms with Gasteiger partial charge in [0.2, 0.25) is 0 Å². The molecule has 0 unspecified atom stereocenters. The van der Waals surface area contributed by atoms with E-state index in [9.17, 15) is 0 Å². The van der Waals surface area contributed by atoms with Gasteiger partial charge in [0.25, 0.3) is 0 Å². The first kappa shape index (κ1) is 9.37. The summed E-state index contributed by atoms with van der Waals surface area (Å²) in [6.07, 6.45) is 1.64. The largest absolute Gasteiger partial charge is 0.381 e. The van der Waals surface area contributed by atoms with Crippen molar-refractivity contribution in [3.8, 4) is 5.69 Å². The van der Waals surface area contributed by atoms with Crippen LogP contribution in [0.1, 0.15) is 0 Å². The van der Waals surface area contributed by atoms with E-state index < -0.39 is 0 Å². The number of nitrogen functional groups attached to an aromatic ring is 1. The first-order chi connectivity index (χ1) is 6.66. The smallest absolute Gasteiger partial charge is 0.164 e. The molecule has 5 heteroatoms. The summed E-state index contributed by atoms with van der Waals surface area (Å²) < 4.78 is 1.59. The Morgan fingerprint density at radius 3 is 2.64 bits per heavy atom. The number of rotatable bonds is 1. The monoisotopic (exact) mass is 227 g/mol. The lowest BCUT2D eigenvalue weighted by Gasteiger charge is -2.00. The molecule has 0 saturated heterocycles. The first-order valence-electron chi connectivity index (χ1n) is 3.93. The fourth-order valence-corrected chi connectivity index (χ4v) is 1.43. The molecular formula is C9H7Cl2N3. The second-order valence-corrected chi connectivity index (χ2v) is 3.63. The average Bonchev–Trinajstić information content (AvgIpc) is 2.47. The highest BCUT2D eigenvalue weighted by Gasteiger charge is 2.04. The summed E-state index contributed by atoms with van der Waals surface area (Å²) in [6.45, 7) is 0. The molecule has 1 aromatic heterocycles. The van der Waals surface area contributed by atoms with Gasteiger partial charge in [0.1, 0.15) is 5.02 Å². The number of nitrogens with zero attached hydrogens (tertiary/aromatic N) is 2. The van der Waals surface area contributed by atoms with Gasteiger partial charge in [-0.25, -0.2) is 4.68 Å². The van der Waals surface area contributed by atoms with Gasteiger partial charge in [-0.2, -0.15) is 0 Å². The zero-order valence-corrected chi connectivity index (χ0v) is 8.63. The van der Waals surface area contributed by atoms with Gasteiger partial charge in [-0.15, -0.1) is 5.10 Å². The standard InChI is InChI=1S/C9H7Cl2N3/c10-6-2-1-3-7(4-6)14-5-8(11)9(12)13-14/h1-5H,(H2,12,13). The fraction of sp³-hybridized carbons (Fsp3) is 0. The van der Waals surface area contributed by atoms with Gasteiger partial charge in [-0.1, -0.05) is 29.3 Å². The highest BCUT2D eigenvalue weighted by molar-refractivity contribution is 6.32. The third kappa shape index (κ3) is 1.69. The van der Waals surface area contributed by atoms with Crippen LogP contribution in [0.15, 0.2) is 30.5 Å². The summed E-state index contributed by atoms with van der Waals surface area (Å²) in [5, 5.41) is 5.11. The zero-order chi connectivity index (χ0) is 10.1. The van der Waals surface area contributed by atoms with Crippen molar-refractivity contribution in [1.82, 2.24) is 9.78 Å². The van der Waals surface area contributed by atoms with Crippen molar-refractivity contribution < 1.29 is 0 Å². The van der Waals surface area contributed by atoms with Gasteiger partial charge in [-0.3, -0.25) is 0 Å². The molecule has 1 heterocycles. The van der Waals surface area contributed by atoms with E-state index in [0.29, 0.717) is 15.9 Å². The van der Waals surface area contributed by atoms with Crippen LogP contribution in [0.5, 0.6) is 0 Å². The van der Waals surface area contributed by atoms with Crippen LogP contribution in [0, 0.1) is 0 Å². The van der Waals surface area contributed by atoms with E-state index in [1.807, 2.05) is 12.1 Å². The molecule has 0 aliphatic heterocycles. The molecule has 1 aromatic carbocycles. The third-order valence-electron chi connectivity index (χ3n) is 1.77. The van der Waals surface area contributed by atoms with Gasteiger partial charge < -0.3 is 5.73 Å². The van der Waals surface area contributed by atoms with Crippen LogP contribution < -0.4 is 5.73 Å². The predicted molar refractivity (Wildman–Crippen MR) is 58.0 cm³/mol. The van der Waals surface area contributed by atoms with Crippen molar-refractivity contribution in [2.45, 2.75) is 0 Å². The molecule has 0 atom stereocenters. The summed E-state index contributed by atoms with van der Waals surface area (Å²) >= 11 is 11.6. The fourth-order valence-electron chi connectivity index (χ4n) is 1.12. The van der Waals surface area contributed by atoms with E-state index in [0.717, 1.165) is 5.69 Å². The molecule has 0 aliphatic rings. The van der Waals surface area contributed by atoms with Crippen molar-refractivity contribution in [2.75, 3.05) is 5.73 Å². The van der Waals surface area contributed by atoms with Crippen molar-refractivity contribution >= 4 is 29.0 Å². The third-order valence-corrected chi connectivity index (χ3v) is 2.29. The Morgan fingerprint density at radius 2 is 2.07 bits per heavy atom. The van der Waals surface area contributed by atoms with Crippen LogP contribution in [0.25, 0.3) is 5.69 Å². The number of hydrogen-bond acceptors (Lipinski definition) is 2. The molecule has 14 heavy (non-hydrogen) atoms. The molecule has 0 saturated carbocycles. The first-order valence-corrected chi connectivity index (χ1v) is 4.69. The Balaban J connectivity index is 2.49. The minimum Gasteiger partial charge on any atom is -0.381 e. The van der Waals surface area contributed by atoms with Crippen LogP contribution in [-0.4, -0.2) is 9.78 Å². The van der Waals surface area contributed by atoms with Gasteiger partial charge >= 0.3 is 0 Å². The van der Waals surface area contributed by atoms with E-state index in [2.05, 4.69) is 5.10 Å². The SMILES string of the molecule is Nc1nn(-c2cccc(Cl)c2)cc1Cl. The molecule has 0 spiro atoms. The summed E-state index contributed by atoms with van der Waals surface area (Å²) in [5.41, 5.74) is 6.35. The molecule has 72 valence electrons. The van der Waals surface area contributed by atoms with Crippen LogP contribution in [0.2, 0.25) is 10.0 Å². The van der Waals surface area contributed by atoms with E-state index in [4.69, 9.17) is 28.9 Å². The maximum atomic E-state index is 5.84. The minimum atomic E-state index is 0.312. The highest BCUT2D eigenvalue weighted by Crippen LogP contribution is 2.20. The molecule has 2 N–H and O–H groups in total. The Kier molecular flexibility index (Phi) is 2.35. The molecule has 2 rings (SSSR count). The molecule has 0 aliphatic carbocycles. The van der Waals surface area contributed by atoms with Crippen molar-refractivity contribution in [3.63, 3.8) is 0 Å². The lowest BCUT2D eigenvalue weighted by molar-refractivity contribution is 0.886. The van der Waals surface area contributed by atoms with E-state index in [1.165, 1.54) is 0 Å². The number of nitrogens with two attached hydrogens (primary N) is 1. The number of anilines is 1. The molecule has 0 amide bonds. The minimum absolute atomic E-state index is 0.312. The van der Waals surface area contributed by atoms with Crippen molar-refractivity contribution in [1.29, 1.82) is 0 Å². The van der Waals surface area contributed by atoms with E-state index in [1.54, 1.807) is 23.0 Å². The quantitative estimate of drug-likeness (QED) is 0.815. The number of hydrogen-bond donors (Lipinski definition) is 1. The van der Waals surface area contributed by atoms with E-state index in [-0.39, 0.29) is 0 Å². The lowest BCUT2D eigenvalue weighted by Crippen LogP contribution is -1.95. The normalized spacial score (nSPS) is 10.4. The van der Waals surface area contributed by atoms with Gasteiger partial charge in [-0.05, 0) is 18.2 Å². The van der Waals surface area contributed by atoms with Crippen molar-refractivity contribution in [3.05, 3.63) is 40.5 Å². The highest BCUT2D eigenvalue weighted by atomic mass is 35.5.